The van der Waals surface area contributed by atoms with E-state index in [0.717, 1.165) is 30.6 Å². The molecule has 3 heteroatoms. The van der Waals surface area contributed by atoms with Gasteiger partial charge in [0, 0.05) is 18.4 Å². The summed E-state index contributed by atoms with van der Waals surface area (Å²) in [7, 11) is 0. The molecule has 0 saturated carbocycles. The number of hydrogen-bond donors (Lipinski definition) is 1. The Morgan fingerprint density at radius 1 is 1.71 bits per heavy atom. The number of aryl methyl sites for hydroxylation is 1. The summed E-state index contributed by atoms with van der Waals surface area (Å²) in [6.07, 6.45) is 5.37. The van der Waals surface area contributed by atoms with Crippen LogP contribution >= 0.6 is 0 Å². The van der Waals surface area contributed by atoms with E-state index >= 15 is 0 Å². The van der Waals surface area contributed by atoms with E-state index in [1.807, 2.05) is 13.0 Å². The standard InChI is InChI=1S/C11H15NO2/c1-2-11(13)12-9-4-3-5-10-8(9)6-7-14-10/h6-7,9H,2-5H2,1H3,(H,12,13)/t9-/m1/s1. The predicted octanol–water partition coefficient (Wildman–Crippen LogP) is 2.18. The molecule has 0 saturated heterocycles. The fourth-order valence-corrected chi connectivity index (χ4v) is 1.93. The topological polar surface area (TPSA) is 42.2 Å². The Balaban J connectivity index is 2.12. The number of amides is 1. The van der Waals surface area contributed by atoms with E-state index in [1.165, 1.54) is 0 Å². The molecule has 1 atom stereocenters. The summed E-state index contributed by atoms with van der Waals surface area (Å²) < 4.78 is 5.35. The van der Waals surface area contributed by atoms with E-state index in [4.69, 9.17) is 4.42 Å². The molecule has 0 unspecified atom stereocenters. The first-order valence-corrected chi connectivity index (χ1v) is 5.17. The van der Waals surface area contributed by atoms with E-state index in [-0.39, 0.29) is 11.9 Å². The van der Waals surface area contributed by atoms with Gasteiger partial charge in [0.25, 0.3) is 0 Å². The van der Waals surface area contributed by atoms with Crippen LogP contribution in [0.5, 0.6) is 0 Å². The highest BCUT2D eigenvalue weighted by atomic mass is 16.3. The van der Waals surface area contributed by atoms with Crippen molar-refractivity contribution in [2.45, 2.75) is 38.6 Å². The third-order valence-electron chi connectivity index (χ3n) is 2.71. The van der Waals surface area contributed by atoms with Crippen molar-refractivity contribution in [3.05, 3.63) is 23.7 Å². The van der Waals surface area contributed by atoms with Crippen molar-refractivity contribution in [1.29, 1.82) is 0 Å². The van der Waals surface area contributed by atoms with E-state index in [2.05, 4.69) is 5.32 Å². The van der Waals surface area contributed by atoms with Crippen molar-refractivity contribution in [3.8, 4) is 0 Å². The number of hydrogen-bond acceptors (Lipinski definition) is 2. The lowest BCUT2D eigenvalue weighted by Crippen LogP contribution is -2.29. The summed E-state index contributed by atoms with van der Waals surface area (Å²) in [6, 6.07) is 2.14. The van der Waals surface area contributed by atoms with Crippen molar-refractivity contribution in [3.63, 3.8) is 0 Å². The maximum Gasteiger partial charge on any atom is 0.220 e. The minimum Gasteiger partial charge on any atom is -0.469 e. The van der Waals surface area contributed by atoms with Gasteiger partial charge in [0.2, 0.25) is 5.91 Å². The maximum atomic E-state index is 11.3. The third kappa shape index (κ3) is 1.67. The molecule has 1 aliphatic carbocycles. The van der Waals surface area contributed by atoms with Gasteiger partial charge in [-0.15, -0.1) is 0 Å². The fraction of sp³-hybridized carbons (Fsp3) is 0.545. The van der Waals surface area contributed by atoms with Crippen LogP contribution in [0.2, 0.25) is 0 Å². The van der Waals surface area contributed by atoms with Gasteiger partial charge in [0.05, 0.1) is 12.3 Å². The van der Waals surface area contributed by atoms with Gasteiger partial charge in [-0.3, -0.25) is 4.79 Å². The smallest absolute Gasteiger partial charge is 0.220 e. The Bertz CT molecular complexity index is 330. The SMILES string of the molecule is CCC(=O)N[C@@H]1CCCc2occc21. The Kier molecular flexibility index (Phi) is 2.57. The van der Waals surface area contributed by atoms with E-state index in [1.54, 1.807) is 6.26 Å². The van der Waals surface area contributed by atoms with Crippen LogP contribution < -0.4 is 5.32 Å². The lowest BCUT2D eigenvalue weighted by atomic mass is 9.93. The second-order valence-corrected chi connectivity index (χ2v) is 3.67. The van der Waals surface area contributed by atoms with Crippen molar-refractivity contribution in [1.82, 2.24) is 5.32 Å². The number of rotatable bonds is 2. The summed E-state index contributed by atoms with van der Waals surface area (Å²) in [5.74, 6) is 1.15. The summed E-state index contributed by atoms with van der Waals surface area (Å²) in [6.45, 7) is 1.87. The molecule has 14 heavy (non-hydrogen) atoms. The summed E-state index contributed by atoms with van der Waals surface area (Å²) in [5, 5.41) is 3.01. The van der Waals surface area contributed by atoms with Gasteiger partial charge >= 0.3 is 0 Å². The molecule has 1 heterocycles. The highest BCUT2D eigenvalue weighted by Crippen LogP contribution is 2.30. The van der Waals surface area contributed by atoms with Crippen molar-refractivity contribution in [2.24, 2.45) is 0 Å². The van der Waals surface area contributed by atoms with Gasteiger partial charge in [-0.25, -0.2) is 0 Å². The molecule has 1 aromatic heterocycles. The van der Waals surface area contributed by atoms with Crippen LogP contribution in [0.25, 0.3) is 0 Å². The maximum absolute atomic E-state index is 11.3. The molecule has 0 bridgehead atoms. The van der Waals surface area contributed by atoms with Gasteiger partial charge < -0.3 is 9.73 Å². The molecule has 0 radical (unpaired) electrons. The first-order chi connectivity index (χ1) is 6.81. The molecule has 1 aliphatic rings. The molecule has 1 aromatic rings. The molecule has 76 valence electrons. The minimum atomic E-state index is 0.115. The Morgan fingerprint density at radius 2 is 2.57 bits per heavy atom. The zero-order valence-electron chi connectivity index (χ0n) is 8.38. The first kappa shape index (κ1) is 9.31. The second-order valence-electron chi connectivity index (χ2n) is 3.67. The van der Waals surface area contributed by atoms with Crippen LogP contribution in [0.1, 0.15) is 43.6 Å². The number of fused-ring (bicyclic) bond motifs is 1. The third-order valence-corrected chi connectivity index (χ3v) is 2.71. The minimum absolute atomic E-state index is 0.115. The van der Waals surface area contributed by atoms with Crippen LogP contribution in [-0.4, -0.2) is 5.91 Å². The largest absolute Gasteiger partial charge is 0.469 e. The number of carbonyl (C=O) groups is 1. The number of furan rings is 1. The van der Waals surface area contributed by atoms with Crippen molar-refractivity contribution in [2.75, 3.05) is 0 Å². The van der Waals surface area contributed by atoms with Crippen LogP contribution in [0.15, 0.2) is 16.7 Å². The van der Waals surface area contributed by atoms with E-state index in [0.29, 0.717) is 6.42 Å². The number of carbonyl (C=O) groups excluding carboxylic acids is 1. The lowest BCUT2D eigenvalue weighted by molar-refractivity contribution is -0.121. The molecular formula is C11H15NO2. The van der Waals surface area contributed by atoms with Gasteiger partial charge in [0.15, 0.2) is 0 Å². The Labute approximate surface area is 83.5 Å². The molecule has 0 aliphatic heterocycles. The van der Waals surface area contributed by atoms with Crippen LogP contribution in [0, 0.1) is 0 Å². The van der Waals surface area contributed by atoms with Crippen LogP contribution in [0.3, 0.4) is 0 Å². The van der Waals surface area contributed by atoms with Crippen LogP contribution in [-0.2, 0) is 11.2 Å². The highest BCUT2D eigenvalue weighted by molar-refractivity contribution is 5.76. The summed E-state index contributed by atoms with van der Waals surface area (Å²) in [5.41, 5.74) is 1.16. The molecule has 0 spiro atoms. The van der Waals surface area contributed by atoms with E-state index < -0.39 is 0 Å². The molecule has 1 N–H and O–H groups in total. The molecule has 1 amide bonds. The van der Waals surface area contributed by atoms with Crippen LogP contribution in [0.4, 0.5) is 0 Å². The molecule has 3 nitrogen and oxygen atoms in total. The van der Waals surface area contributed by atoms with Gasteiger partial charge in [-0.1, -0.05) is 6.92 Å². The average Bonchev–Trinajstić information content (AvgIpc) is 2.66. The van der Waals surface area contributed by atoms with Crippen molar-refractivity contribution >= 4 is 5.91 Å². The van der Waals surface area contributed by atoms with E-state index in [9.17, 15) is 4.79 Å². The Hall–Kier alpha value is -1.25. The lowest BCUT2D eigenvalue weighted by Gasteiger charge is -2.22. The number of nitrogens with one attached hydrogen (secondary N) is 1. The monoisotopic (exact) mass is 193 g/mol. The quantitative estimate of drug-likeness (QED) is 0.782. The zero-order chi connectivity index (χ0) is 9.97. The predicted molar refractivity (Wildman–Crippen MR) is 52.8 cm³/mol. The zero-order valence-corrected chi connectivity index (χ0v) is 8.38. The first-order valence-electron chi connectivity index (χ1n) is 5.17. The summed E-state index contributed by atoms with van der Waals surface area (Å²) >= 11 is 0. The second kappa shape index (κ2) is 3.86. The Morgan fingerprint density at radius 3 is 3.36 bits per heavy atom. The fourth-order valence-electron chi connectivity index (χ4n) is 1.93. The molecule has 0 fully saturated rings. The van der Waals surface area contributed by atoms with Gasteiger partial charge in [-0.2, -0.15) is 0 Å². The van der Waals surface area contributed by atoms with Gasteiger partial charge in [-0.05, 0) is 18.9 Å². The average molecular weight is 193 g/mol. The normalized spacial score (nSPS) is 20.2. The molecule has 2 rings (SSSR count). The summed E-state index contributed by atoms with van der Waals surface area (Å²) in [4.78, 5) is 11.3. The molecule has 0 aromatic carbocycles. The highest BCUT2D eigenvalue weighted by Gasteiger charge is 2.23. The van der Waals surface area contributed by atoms with Gasteiger partial charge in [0.1, 0.15) is 5.76 Å². The molecular weight excluding hydrogens is 178 g/mol. The van der Waals surface area contributed by atoms with Crippen molar-refractivity contribution < 1.29 is 9.21 Å².